The summed E-state index contributed by atoms with van der Waals surface area (Å²) in [6.07, 6.45) is 0. The maximum Gasteiger partial charge on any atom is 0.251 e. The van der Waals surface area contributed by atoms with Gasteiger partial charge >= 0.3 is 0 Å². The summed E-state index contributed by atoms with van der Waals surface area (Å²) in [7, 11) is 1.59. The lowest BCUT2D eigenvalue weighted by molar-refractivity contribution is 0.0945. The standard InChI is InChI=1S/C20H24N2O4/c1-4-25-17-11-10-16(12-18(17)26-5-2)20(24)22-13-14-6-8-15(9-7-14)19(23)21-3/h6-12H,4-5,13H2,1-3H3,(H,21,23)(H,22,24). The van der Waals surface area contributed by atoms with E-state index >= 15 is 0 Å². The third-order valence-electron chi connectivity index (χ3n) is 3.70. The predicted molar refractivity (Wildman–Crippen MR) is 99.8 cm³/mol. The fraction of sp³-hybridized carbons (Fsp3) is 0.300. The Morgan fingerprint density at radius 2 is 1.46 bits per heavy atom. The van der Waals surface area contributed by atoms with Crippen LogP contribution in [0.4, 0.5) is 0 Å². The zero-order chi connectivity index (χ0) is 18.9. The van der Waals surface area contributed by atoms with Gasteiger partial charge in [0.1, 0.15) is 0 Å². The lowest BCUT2D eigenvalue weighted by Gasteiger charge is -2.12. The van der Waals surface area contributed by atoms with Crippen molar-refractivity contribution in [3.05, 3.63) is 59.2 Å². The highest BCUT2D eigenvalue weighted by Gasteiger charge is 2.11. The average molecular weight is 356 g/mol. The number of nitrogens with one attached hydrogen (secondary N) is 2. The van der Waals surface area contributed by atoms with Gasteiger partial charge in [0.2, 0.25) is 0 Å². The molecule has 6 nitrogen and oxygen atoms in total. The van der Waals surface area contributed by atoms with Gasteiger partial charge in [-0.25, -0.2) is 0 Å². The topological polar surface area (TPSA) is 76.7 Å². The molecule has 2 rings (SSSR count). The molecule has 0 aromatic heterocycles. The van der Waals surface area contributed by atoms with Crippen LogP contribution in [0.1, 0.15) is 40.1 Å². The Balaban J connectivity index is 2.03. The molecule has 0 atom stereocenters. The molecular formula is C20H24N2O4. The molecule has 6 heteroatoms. The van der Waals surface area contributed by atoms with Crippen LogP contribution in [0.15, 0.2) is 42.5 Å². The molecule has 138 valence electrons. The number of benzene rings is 2. The number of amides is 2. The van der Waals surface area contributed by atoms with Gasteiger partial charge in [-0.2, -0.15) is 0 Å². The van der Waals surface area contributed by atoms with E-state index in [4.69, 9.17) is 9.47 Å². The van der Waals surface area contributed by atoms with Gasteiger partial charge < -0.3 is 20.1 Å². The predicted octanol–water partition coefficient (Wildman–Crippen LogP) is 2.77. The Kier molecular flexibility index (Phi) is 7.02. The Bertz CT molecular complexity index is 757. The van der Waals surface area contributed by atoms with Crippen LogP contribution in [0.3, 0.4) is 0 Å². The molecule has 0 saturated heterocycles. The van der Waals surface area contributed by atoms with Crippen molar-refractivity contribution in [2.45, 2.75) is 20.4 Å². The third-order valence-corrected chi connectivity index (χ3v) is 3.70. The number of rotatable bonds is 8. The number of carbonyl (C=O) groups is 2. The number of hydrogen-bond acceptors (Lipinski definition) is 4. The SMILES string of the molecule is CCOc1ccc(C(=O)NCc2ccc(C(=O)NC)cc2)cc1OCC. The van der Waals surface area contributed by atoms with E-state index in [2.05, 4.69) is 10.6 Å². The molecule has 0 aliphatic rings. The van der Waals surface area contributed by atoms with Crippen LogP contribution in [0.25, 0.3) is 0 Å². The van der Waals surface area contributed by atoms with Crippen LogP contribution in [0.2, 0.25) is 0 Å². The first-order valence-corrected chi connectivity index (χ1v) is 8.57. The lowest BCUT2D eigenvalue weighted by atomic mass is 10.1. The fourth-order valence-electron chi connectivity index (χ4n) is 2.40. The molecule has 0 aliphatic heterocycles. The van der Waals surface area contributed by atoms with Gasteiger partial charge in [-0.05, 0) is 49.7 Å². The average Bonchev–Trinajstić information content (AvgIpc) is 2.67. The van der Waals surface area contributed by atoms with E-state index in [1.54, 1.807) is 37.4 Å². The van der Waals surface area contributed by atoms with Gasteiger partial charge in [0, 0.05) is 24.7 Å². The van der Waals surface area contributed by atoms with Gasteiger partial charge in [0.15, 0.2) is 11.5 Å². The van der Waals surface area contributed by atoms with Gasteiger partial charge in [-0.15, -0.1) is 0 Å². The van der Waals surface area contributed by atoms with Gasteiger partial charge in [-0.1, -0.05) is 12.1 Å². The summed E-state index contributed by atoms with van der Waals surface area (Å²) in [5.41, 5.74) is 1.98. The zero-order valence-corrected chi connectivity index (χ0v) is 15.3. The van der Waals surface area contributed by atoms with E-state index in [9.17, 15) is 9.59 Å². The monoisotopic (exact) mass is 356 g/mol. The first-order chi connectivity index (χ1) is 12.6. The second-order valence-corrected chi connectivity index (χ2v) is 5.49. The van der Waals surface area contributed by atoms with Crippen LogP contribution >= 0.6 is 0 Å². The minimum Gasteiger partial charge on any atom is -0.490 e. The normalized spacial score (nSPS) is 10.1. The van der Waals surface area contributed by atoms with Crippen molar-refractivity contribution in [3.8, 4) is 11.5 Å². The third kappa shape index (κ3) is 4.99. The second kappa shape index (κ2) is 9.46. The van der Waals surface area contributed by atoms with Crippen molar-refractivity contribution in [1.82, 2.24) is 10.6 Å². The van der Waals surface area contributed by atoms with Crippen LogP contribution in [-0.2, 0) is 6.54 Å². The largest absolute Gasteiger partial charge is 0.490 e. The summed E-state index contributed by atoms with van der Waals surface area (Å²) in [5, 5.41) is 5.43. The number of ether oxygens (including phenoxy) is 2. The molecule has 0 saturated carbocycles. The molecule has 2 N–H and O–H groups in total. The van der Waals surface area contributed by atoms with Gasteiger partial charge in [0.05, 0.1) is 13.2 Å². The first kappa shape index (κ1) is 19.3. The Labute approximate surface area is 153 Å². The van der Waals surface area contributed by atoms with E-state index in [0.717, 1.165) is 5.56 Å². The minimum atomic E-state index is -0.204. The Morgan fingerprint density at radius 1 is 0.846 bits per heavy atom. The molecule has 26 heavy (non-hydrogen) atoms. The Morgan fingerprint density at radius 3 is 2.08 bits per heavy atom. The van der Waals surface area contributed by atoms with Crippen molar-refractivity contribution in [2.24, 2.45) is 0 Å². The highest BCUT2D eigenvalue weighted by Crippen LogP contribution is 2.28. The summed E-state index contributed by atoms with van der Waals surface area (Å²) in [5.74, 6) is 0.829. The summed E-state index contributed by atoms with van der Waals surface area (Å²) in [6, 6.07) is 12.2. The summed E-state index contributed by atoms with van der Waals surface area (Å²) >= 11 is 0. The van der Waals surface area contributed by atoms with Crippen molar-refractivity contribution in [2.75, 3.05) is 20.3 Å². The van der Waals surface area contributed by atoms with E-state index in [0.29, 0.717) is 42.4 Å². The molecule has 0 fully saturated rings. The summed E-state index contributed by atoms with van der Waals surface area (Å²) in [6.45, 7) is 5.15. The van der Waals surface area contributed by atoms with Crippen molar-refractivity contribution in [3.63, 3.8) is 0 Å². The minimum absolute atomic E-state index is 0.140. The van der Waals surface area contributed by atoms with Gasteiger partial charge in [0.25, 0.3) is 11.8 Å². The van der Waals surface area contributed by atoms with E-state index in [-0.39, 0.29) is 11.8 Å². The second-order valence-electron chi connectivity index (χ2n) is 5.49. The van der Waals surface area contributed by atoms with Crippen molar-refractivity contribution < 1.29 is 19.1 Å². The lowest BCUT2D eigenvalue weighted by Crippen LogP contribution is -2.23. The molecule has 0 spiro atoms. The summed E-state index contributed by atoms with van der Waals surface area (Å²) < 4.78 is 11.1. The fourth-order valence-corrected chi connectivity index (χ4v) is 2.40. The van der Waals surface area contributed by atoms with Crippen LogP contribution < -0.4 is 20.1 Å². The van der Waals surface area contributed by atoms with Crippen LogP contribution in [0.5, 0.6) is 11.5 Å². The smallest absolute Gasteiger partial charge is 0.251 e. The first-order valence-electron chi connectivity index (χ1n) is 8.57. The molecule has 0 bridgehead atoms. The molecule has 0 unspecified atom stereocenters. The van der Waals surface area contributed by atoms with E-state index in [1.807, 2.05) is 26.0 Å². The molecule has 2 aromatic rings. The molecule has 0 radical (unpaired) electrons. The number of hydrogen-bond donors (Lipinski definition) is 2. The summed E-state index contributed by atoms with van der Waals surface area (Å²) in [4.78, 5) is 23.9. The van der Waals surface area contributed by atoms with E-state index in [1.165, 1.54) is 0 Å². The van der Waals surface area contributed by atoms with E-state index < -0.39 is 0 Å². The molecule has 2 aromatic carbocycles. The van der Waals surface area contributed by atoms with Crippen LogP contribution in [-0.4, -0.2) is 32.1 Å². The maximum absolute atomic E-state index is 12.4. The van der Waals surface area contributed by atoms with Gasteiger partial charge in [-0.3, -0.25) is 9.59 Å². The van der Waals surface area contributed by atoms with Crippen molar-refractivity contribution in [1.29, 1.82) is 0 Å². The highest BCUT2D eigenvalue weighted by molar-refractivity contribution is 5.95. The molecule has 0 aliphatic carbocycles. The molecular weight excluding hydrogens is 332 g/mol. The maximum atomic E-state index is 12.4. The van der Waals surface area contributed by atoms with Crippen molar-refractivity contribution >= 4 is 11.8 Å². The zero-order valence-electron chi connectivity index (χ0n) is 15.3. The highest BCUT2D eigenvalue weighted by atomic mass is 16.5. The number of carbonyl (C=O) groups excluding carboxylic acids is 2. The molecule has 0 heterocycles. The van der Waals surface area contributed by atoms with Crippen LogP contribution in [0, 0.1) is 0 Å². The molecule has 2 amide bonds. The quantitative estimate of drug-likeness (QED) is 0.762. The Hall–Kier alpha value is -3.02.